The van der Waals surface area contributed by atoms with Crippen molar-refractivity contribution in [3.63, 3.8) is 0 Å². The van der Waals surface area contributed by atoms with E-state index in [4.69, 9.17) is 20.4 Å². The fourth-order valence-corrected chi connectivity index (χ4v) is 4.06. The summed E-state index contributed by atoms with van der Waals surface area (Å²) in [6.07, 6.45) is 3.07. The second-order valence-electron chi connectivity index (χ2n) is 10.2. The summed E-state index contributed by atoms with van der Waals surface area (Å²) in [5, 5.41) is 43.3. The van der Waals surface area contributed by atoms with Gasteiger partial charge in [-0.05, 0) is 63.4 Å². The highest BCUT2D eigenvalue weighted by Crippen LogP contribution is 2.39. The van der Waals surface area contributed by atoms with E-state index in [2.05, 4.69) is 25.5 Å². The minimum atomic E-state index is -2.27. The van der Waals surface area contributed by atoms with Crippen molar-refractivity contribution in [2.24, 2.45) is 0 Å². The molecule has 0 saturated heterocycles. The normalized spacial score (nSPS) is 14.0. The van der Waals surface area contributed by atoms with E-state index in [-0.39, 0.29) is 11.6 Å². The predicted molar refractivity (Wildman–Crippen MR) is 149 cm³/mol. The summed E-state index contributed by atoms with van der Waals surface area (Å²) in [6, 6.07) is 8.29. The first-order valence-corrected chi connectivity index (χ1v) is 13.2. The van der Waals surface area contributed by atoms with E-state index in [1.54, 1.807) is 36.9 Å². The quantitative estimate of drug-likeness (QED) is 0.190. The third-order valence-electron chi connectivity index (χ3n) is 6.56. The Labute approximate surface area is 244 Å². The lowest BCUT2D eigenvalue weighted by atomic mass is 10.1. The number of aromatic nitrogens is 6. The number of amides is 1. The zero-order valence-electron chi connectivity index (χ0n) is 23.4. The van der Waals surface area contributed by atoms with Gasteiger partial charge in [0.1, 0.15) is 23.7 Å². The summed E-state index contributed by atoms with van der Waals surface area (Å²) < 4.78 is 18.5. The third-order valence-corrected chi connectivity index (χ3v) is 6.56. The first kappa shape index (κ1) is 30.9. The maximum absolute atomic E-state index is 14.8. The van der Waals surface area contributed by atoms with Crippen LogP contribution < -0.4 is 5.32 Å². The number of halogens is 1. The number of pyridine rings is 1. The summed E-state index contributed by atoms with van der Waals surface area (Å²) in [6.45, 7) is 5.85. The minimum Gasteiger partial charge on any atom is -0.479 e. The van der Waals surface area contributed by atoms with Crippen LogP contribution in [0.2, 0.25) is 0 Å². The Bertz CT molecular complexity index is 1630. The van der Waals surface area contributed by atoms with Crippen LogP contribution in [0.25, 0.3) is 17.2 Å². The number of hydrogen-bond acceptors (Lipinski definition) is 9. The standard InChI is InChI=1S/C24H24FN7O.C4H6O6/c1-14(2)32-13-27-30-23(32)19-5-4-6-22(28-19)29-24(33)17-10-21(15(3)9-18(17)25)31-11-20(26-12-31)16-7-8-16;5-1(3(7)8)2(6)4(9)10/h4-6,9-14,16H,7-8H2,1-3H3,(H,28,29,33);1-2,5-6H,(H,7,8)(H,9,10). The molecule has 0 spiro atoms. The van der Waals surface area contributed by atoms with Crippen LogP contribution in [0.1, 0.15) is 60.3 Å². The molecule has 1 amide bonds. The molecule has 3 heterocycles. The number of nitrogens with one attached hydrogen (secondary N) is 1. The van der Waals surface area contributed by atoms with Gasteiger partial charge in [0.25, 0.3) is 5.91 Å². The lowest BCUT2D eigenvalue weighted by molar-refractivity contribution is -0.165. The van der Waals surface area contributed by atoms with Crippen LogP contribution in [0.4, 0.5) is 10.2 Å². The summed E-state index contributed by atoms with van der Waals surface area (Å²) in [4.78, 5) is 41.5. The van der Waals surface area contributed by atoms with Crippen LogP contribution >= 0.6 is 0 Å². The van der Waals surface area contributed by atoms with Crippen LogP contribution in [0.15, 0.2) is 49.2 Å². The van der Waals surface area contributed by atoms with Crippen molar-refractivity contribution >= 4 is 23.7 Å². The van der Waals surface area contributed by atoms with Crippen LogP contribution in [0.3, 0.4) is 0 Å². The number of hydrogen-bond donors (Lipinski definition) is 5. The molecular weight excluding hydrogens is 565 g/mol. The van der Waals surface area contributed by atoms with Crippen molar-refractivity contribution in [3.8, 4) is 17.2 Å². The van der Waals surface area contributed by atoms with Gasteiger partial charge in [-0.25, -0.2) is 23.9 Å². The Hall–Kier alpha value is -5.02. The largest absolute Gasteiger partial charge is 0.479 e. The number of carboxylic acid groups (broad SMARTS) is 2. The number of rotatable bonds is 9. The number of aliphatic hydroxyl groups excluding tert-OH is 2. The van der Waals surface area contributed by atoms with Crippen LogP contribution in [0.5, 0.6) is 0 Å². The van der Waals surface area contributed by atoms with Gasteiger partial charge >= 0.3 is 11.9 Å². The van der Waals surface area contributed by atoms with Gasteiger partial charge in [0, 0.05) is 18.2 Å². The average molecular weight is 596 g/mol. The van der Waals surface area contributed by atoms with Crippen LogP contribution in [-0.2, 0) is 9.59 Å². The van der Waals surface area contributed by atoms with Crippen molar-refractivity contribution in [2.75, 3.05) is 5.32 Å². The molecule has 5 N–H and O–H groups in total. The molecule has 1 aliphatic carbocycles. The Morgan fingerprint density at radius 1 is 1.05 bits per heavy atom. The summed E-state index contributed by atoms with van der Waals surface area (Å²) >= 11 is 0. The van der Waals surface area contributed by atoms with Crippen molar-refractivity contribution in [1.29, 1.82) is 0 Å². The topological polar surface area (TPSA) is 206 Å². The van der Waals surface area contributed by atoms with E-state index < -0.39 is 35.9 Å². The summed E-state index contributed by atoms with van der Waals surface area (Å²) in [7, 11) is 0. The van der Waals surface area contributed by atoms with E-state index in [0.29, 0.717) is 28.9 Å². The number of nitrogens with zero attached hydrogens (tertiary/aromatic N) is 6. The highest BCUT2D eigenvalue weighted by Gasteiger charge is 2.29. The molecule has 1 aromatic carbocycles. The summed E-state index contributed by atoms with van der Waals surface area (Å²) in [5.74, 6) is -3.30. The molecule has 15 heteroatoms. The average Bonchev–Trinajstić information content (AvgIpc) is 3.47. The number of aryl methyl sites for hydroxylation is 1. The zero-order valence-corrected chi connectivity index (χ0v) is 23.4. The highest BCUT2D eigenvalue weighted by atomic mass is 19.1. The fourth-order valence-electron chi connectivity index (χ4n) is 4.06. The van der Waals surface area contributed by atoms with Gasteiger partial charge in [-0.2, -0.15) is 0 Å². The Morgan fingerprint density at radius 2 is 1.72 bits per heavy atom. The minimum absolute atomic E-state index is 0.0603. The van der Waals surface area contributed by atoms with Gasteiger partial charge in [-0.15, -0.1) is 10.2 Å². The number of benzene rings is 1. The highest BCUT2D eigenvalue weighted by molar-refractivity contribution is 6.04. The molecule has 14 nitrogen and oxygen atoms in total. The molecule has 2 atom stereocenters. The second-order valence-corrected chi connectivity index (χ2v) is 10.2. The van der Waals surface area contributed by atoms with Gasteiger partial charge in [-0.1, -0.05) is 6.07 Å². The number of carbonyl (C=O) groups excluding carboxylic acids is 1. The monoisotopic (exact) mass is 595 g/mol. The van der Waals surface area contributed by atoms with E-state index >= 15 is 0 Å². The first-order chi connectivity index (χ1) is 20.4. The molecule has 2 unspecified atom stereocenters. The smallest absolute Gasteiger partial charge is 0.335 e. The number of aliphatic hydroxyl groups is 2. The number of imidazole rings is 1. The molecule has 1 aliphatic rings. The lowest BCUT2D eigenvalue weighted by Crippen LogP contribution is -2.39. The molecule has 0 bridgehead atoms. The van der Waals surface area contributed by atoms with Crippen molar-refractivity contribution < 1.29 is 39.2 Å². The van der Waals surface area contributed by atoms with E-state index in [9.17, 15) is 18.8 Å². The zero-order chi connectivity index (χ0) is 31.4. The molecule has 1 fully saturated rings. The van der Waals surface area contributed by atoms with Gasteiger partial charge < -0.3 is 34.9 Å². The van der Waals surface area contributed by atoms with E-state index in [1.807, 2.05) is 36.1 Å². The van der Waals surface area contributed by atoms with Gasteiger partial charge in [-0.3, -0.25) is 4.79 Å². The lowest BCUT2D eigenvalue weighted by Gasteiger charge is -2.12. The number of carboxylic acids is 2. The fraction of sp³-hybridized carbons (Fsp3) is 0.321. The van der Waals surface area contributed by atoms with Crippen molar-refractivity contribution in [2.45, 2.75) is 57.8 Å². The van der Waals surface area contributed by atoms with Gasteiger partial charge in [0.15, 0.2) is 18.0 Å². The second kappa shape index (κ2) is 12.9. The number of carbonyl (C=O) groups is 3. The SMILES string of the molecule is Cc1cc(F)c(C(=O)Nc2cccc(-c3nncn3C(C)C)n2)cc1-n1cnc(C2CC2)c1.O=C(O)C(O)C(O)C(=O)O. The predicted octanol–water partition coefficient (Wildman–Crippen LogP) is 2.56. The first-order valence-electron chi connectivity index (χ1n) is 13.2. The Morgan fingerprint density at radius 3 is 2.33 bits per heavy atom. The van der Waals surface area contributed by atoms with Crippen LogP contribution in [0, 0.1) is 12.7 Å². The molecule has 5 rings (SSSR count). The molecule has 0 radical (unpaired) electrons. The molecule has 3 aromatic heterocycles. The molecule has 1 saturated carbocycles. The summed E-state index contributed by atoms with van der Waals surface area (Å²) in [5.41, 5.74) is 2.97. The number of anilines is 1. The van der Waals surface area contributed by atoms with Crippen LogP contribution in [-0.4, -0.2) is 79.8 Å². The molecular formula is C28H30FN7O7. The molecule has 0 aliphatic heterocycles. The maximum Gasteiger partial charge on any atom is 0.335 e. The van der Waals surface area contributed by atoms with E-state index in [0.717, 1.165) is 24.1 Å². The molecule has 226 valence electrons. The Balaban J connectivity index is 0.000000365. The molecule has 4 aromatic rings. The van der Waals surface area contributed by atoms with E-state index in [1.165, 1.54) is 6.07 Å². The molecule has 43 heavy (non-hydrogen) atoms. The Kier molecular flexibility index (Phi) is 9.26. The maximum atomic E-state index is 14.8. The van der Waals surface area contributed by atoms with Crippen molar-refractivity contribution in [3.05, 3.63) is 71.8 Å². The van der Waals surface area contributed by atoms with Gasteiger partial charge in [0.05, 0.1) is 23.3 Å². The van der Waals surface area contributed by atoms with Gasteiger partial charge in [0.2, 0.25) is 0 Å². The third kappa shape index (κ3) is 7.25. The number of aliphatic carboxylic acids is 2. The van der Waals surface area contributed by atoms with Crippen molar-refractivity contribution in [1.82, 2.24) is 29.3 Å².